The van der Waals surface area contributed by atoms with Crippen LogP contribution >= 0.6 is 0 Å². The lowest BCUT2D eigenvalue weighted by molar-refractivity contribution is -0.133. The van der Waals surface area contributed by atoms with E-state index in [9.17, 15) is 4.79 Å². The maximum Gasteiger partial charge on any atom is 0.222 e. The average Bonchev–Trinajstić information content (AvgIpc) is 2.51. The number of pyridine rings is 1. The normalized spacial score (nSPS) is 19.1. The lowest BCUT2D eigenvalue weighted by atomic mass is 9.97. The van der Waals surface area contributed by atoms with Gasteiger partial charge in [-0.05, 0) is 43.1 Å². The number of piperidine rings is 1. The van der Waals surface area contributed by atoms with E-state index >= 15 is 0 Å². The van der Waals surface area contributed by atoms with Gasteiger partial charge in [0.15, 0.2) is 0 Å². The molecule has 4 nitrogen and oxygen atoms in total. The summed E-state index contributed by atoms with van der Waals surface area (Å²) in [5, 5.41) is 1.19. The second-order valence-electron chi connectivity index (χ2n) is 6.41. The molecule has 0 spiro atoms. The summed E-state index contributed by atoms with van der Waals surface area (Å²) in [4.78, 5) is 20.1. The van der Waals surface area contributed by atoms with Crippen LogP contribution in [0.1, 0.15) is 18.4 Å². The van der Waals surface area contributed by atoms with E-state index < -0.39 is 0 Å². The Hall–Kier alpha value is -1.94. The van der Waals surface area contributed by atoms with Crippen molar-refractivity contribution in [2.24, 2.45) is 5.92 Å². The molecule has 3 rings (SSSR count). The van der Waals surface area contributed by atoms with Crippen LogP contribution in [-0.4, -0.2) is 47.9 Å². The minimum Gasteiger partial charge on any atom is -0.345 e. The molecule has 1 unspecified atom stereocenters. The molecule has 0 aliphatic carbocycles. The van der Waals surface area contributed by atoms with E-state index in [-0.39, 0.29) is 5.91 Å². The first-order chi connectivity index (χ1) is 10.6. The minimum absolute atomic E-state index is 0.279. The topological polar surface area (TPSA) is 36.4 Å². The predicted octanol–water partition coefficient (Wildman–Crippen LogP) is 2.54. The fourth-order valence-corrected chi connectivity index (χ4v) is 3.29. The Morgan fingerprint density at radius 2 is 2.23 bits per heavy atom. The number of benzene rings is 1. The van der Waals surface area contributed by atoms with Crippen LogP contribution in [0.4, 0.5) is 0 Å². The van der Waals surface area contributed by atoms with E-state index in [0.29, 0.717) is 12.3 Å². The molecule has 2 aromatic rings. The fourth-order valence-electron chi connectivity index (χ4n) is 3.29. The van der Waals surface area contributed by atoms with Gasteiger partial charge in [-0.15, -0.1) is 0 Å². The Bertz CT molecular complexity index is 670. The molecule has 1 saturated heterocycles. The van der Waals surface area contributed by atoms with Crippen molar-refractivity contribution in [3.63, 3.8) is 0 Å². The Labute approximate surface area is 131 Å². The first-order valence-corrected chi connectivity index (χ1v) is 7.88. The summed E-state index contributed by atoms with van der Waals surface area (Å²) in [5.41, 5.74) is 2.35. The zero-order valence-corrected chi connectivity index (χ0v) is 13.3. The van der Waals surface area contributed by atoms with E-state index in [1.165, 1.54) is 10.9 Å². The third-order valence-corrected chi connectivity index (χ3v) is 4.41. The van der Waals surface area contributed by atoms with Crippen LogP contribution in [-0.2, 0) is 11.3 Å². The molecule has 1 aliphatic heterocycles. The van der Waals surface area contributed by atoms with Crippen molar-refractivity contribution >= 4 is 16.8 Å². The van der Waals surface area contributed by atoms with Gasteiger partial charge >= 0.3 is 0 Å². The van der Waals surface area contributed by atoms with Crippen molar-refractivity contribution in [2.75, 3.05) is 27.2 Å². The molecule has 22 heavy (non-hydrogen) atoms. The van der Waals surface area contributed by atoms with Crippen molar-refractivity contribution in [1.29, 1.82) is 0 Å². The lowest BCUT2D eigenvalue weighted by Gasteiger charge is -2.32. The lowest BCUT2D eigenvalue weighted by Crippen LogP contribution is -2.41. The average molecular weight is 297 g/mol. The second kappa shape index (κ2) is 6.44. The number of rotatable bonds is 4. The minimum atomic E-state index is 0.279. The zero-order chi connectivity index (χ0) is 15.5. The number of amides is 1. The van der Waals surface area contributed by atoms with E-state index in [1.54, 1.807) is 0 Å². The van der Waals surface area contributed by atoms with Gasteiger partial charge in [-0.3, -0.25) is 9.78 Å². The summed E-state index contributed by atoms with van der Waals surface area (Å²) in [5.74, 6) is 0.857. The van der Waals surface area contributed by atoms with Gasteiger partial charge in [0.05, 0.1) is 5.52 Å². The summed E-state index contributed by atoms with van der Waals surface area (Å²) in [6, 6.07) is 10.5. The molecule has 1 aromatic carbocycles. The molecule has 116 valence electrons. The van der Waals surface area contributed by atoms with Crippen molar-refractivity contribution in [1.82, 2.24) is 14.8 Å². The van der Waals surface area contributed by atoms with Crippen molar-refractivity contribution in [3.8, 4) is 0 Å². The molecule has 4 heteroatoms. The smallest absolute Gasteiger partial charge is 0.222 e. The number of aromatic nitrogens is 1. The summed E-state index contributed by atoms with van der Waals surface area (Å²) >= 11 is 0. The molecule has 1 atom stereocenters. The Morgan fingerprint density at radius 1 is 1.36 bits per heavy atom. The number of hydrogen-bond acceptors (Lipinski definition) is 3. The van der Waals surface area contributed by atoms with Crippen LogP contribution in [0.15, 0.2) is 36.5 Å². The zero-order valence-electron chi connectivity index (χ0n) is 13.3. The van der Waals surface area contributed by atoms with Gasteiger partial charge in [-0.1, -0.05) is 12.1 Å². The second-order valence-corrected chi connectivity index (χ2v) is 6.41. The van der Waals surface area contributed by atoms with Crippen LogP contribution in [0.2, 0.25) is 0 Å². The van der Waals surface area contributed by atoms with Crippen molar-refractivity contribution in [2.45, 2.75) is 19.4 Å². The van der Waals surface area contributed by atoms with E-state index in [4.69, 9.17) is 0 Å². The Kier molecular flexibility index (Phi) is 4.39. The standard InChI is InChI=1S/C18H23N3O/c1-20(12-15-6-8-18(22)21(2)13-15)11-14-5-7-17-16(10-14)4-3-9-19-17/h3-5,7,9-10,15H,6,8,11-13H2,1-2H3. The fraction of sp³-hybridized carbons (Fsp3) is 0.444. The molecular weight excluding hydrogens is 274 g/mol. The summed E-state index contributed by atoms with van der Waals surface area (Å²) < 4.78 is 0. The van der Waals surface area contributed by atoms with Crippen molar-refractivity contribution in [3.05, 3.63) is 42.1 Å². The van der Waals surface area contributed by atoms with E-state index in [1.807, 2.05) is 24.2 Å². The SMILES string of the molecule is CN(Cc1ccc2ncccc2c1)CC1CCC(=O)N(C)C1. The van der Waals surface area contributed by atoms with Crippen LogP contribution in [0.3, 0.4) is 0 Å². The first kappa shape index (κ1) is 15.0. The van der Waals surface area contributed by atoms with Gasteiger partial charge in [0.2, 0.25) is 5.91 Å². The number of fused-ring (bicyclic) bond motifs is 1. The first-order valence-electron chi connectivity index (χ1n) is 7.88. The van der Waals surface area contributed by atoms with Gasteiger partial charge in [0.1, 0.15) is 0 Å². The van der Waals surface area contributed by atoms with Crippen LogP contribution in [0.25, 0.3) is 10.9 Å². The highest BCUT2D eigenvalue weighted by molar-refractivity contribution is 5.78. The monoisotopic (exact) mass is 297 g/mol. The third kappa shape index (κ3) is 3.45. The quantitative estimate of drug-likeness (QED) is 0.870. The van der Waals surface area contributed by atoms with E-state index in [0.717, 1.165) is 31.6 Å². The van der Waals surface area contributed by atoms with Gasteiger partial charge in [0, 0.05) is 44.7 Å². The van der Waals surface area contributed by atoms with Gasteiger partial charge < -0.3 is 9.80 Å². The molecule has 2 heterocycles. The highest BCUT2D eigenvalue weighted by Gasteiger charge is 2.23. The molecule has 1 fully saturated rings. The molecule has 1 aromatic heterocycles. The van der Waals surface area contributed by atoms with Gasteiger partial charge in [-0.25, -0.2) is 0 Å². The molecule has 0 saturated carbocycles. The summed E-state index contributed by atoms with van der Waals surface area (Å²) in [6.45, 7) is 2.84. The summed E-state index contributed by atoms with van der Waals surface area (Å²) in [6.07, 6.45) is 3.53. The molecule has 1 aliphatic rings. The third-order valence-electron chi connectivity index (χ3n) is 4.41. The largest absolute Gasteiger partial charge is 0.345 e. The summed E-state index contributed by atoms with van der Waals surface area (Å²) in [7, 11) is 4.06. The van der Waals surface area contributed by atoms with Crippen molar-refractivity contribution < 1.29 is 4.79 Å². The number of carbonyl (C=O) groups excluding carboxylic acids is 1. The number of nitrogens with zero attached hydrogens (tertiary/aromatic N) is 3. The number of carbonyl (C=O) groups is 1. The number of likely N-dealkylation sites (tertiary alicyclic amines) is 1. The highest BCUT2D eigenvalue weighted by Crippen LogP contribution is 2.19. The van der Waals surface area contributed by atoms with Crippen LogP contribution in [0.5, 0.6) is 0 Å². The molecule has 0 bridgehead atoms. The molecule has 1 amide bonds. The molecular formula is C18H23N3O. The highest BCUT2D eigenvalue weighted by atomic mass is 16.2. The van der Waals surface area contributed by atoms with Crippen LogP contribution < -0.4 is 0 Å². The maximum absolute atomic E-state index is 11.5. The molecule has 0 radical (unpaired) electrons. The predicted molar refractivity (Wildman–Crippen MR) is 88.4 cm³/mol. The van der Waals surface area contributed by atoms with E-state index in [2.05, 4.69) is 41.2 Å². The maximum atomic E-state index is 11.5. The van der Waals surface area contributed by atoms with Crippen LogP contribution in [0, 0.1) is 5.92 Å². The van der Waals surface area contributed by atoms with Gasteiger partial charge in [0.25, 0.3) is 0 Å². The number of hydrogen-bond donors (Lipinski definition) is 0. The molecule has 0 N–H and O–H groups in total. The van der Waals surface area contributed by atoms with Gasteiger partial charge in [-0.2, -0.15) is 0 Å². The Morgan fingerprint density at radius 3 is 3.05 bits per heavy atom. The Balaban J connectivity index is 1.60.